The molecule has 0 bridgehead atoms. The van der Waals surface area contributed by atoms with Crippen molar-refractivity contribution in [3.8, 4) is 23.0 Å². The van der Waals surface area contributed by atoms with Gasteiger partial charge in [0.15, 0.2) is 17.3 Å². The van der Waals surface area contributed by atoms with E-state index < -0.39 is 0 Å². The lowest BCUT2D eigenvalue weighted by atomic mass is 9.89. The molecule has 2 aliphatic rings. The summed E-state index contributed by atoms with van der Waals surface area (Å²) in [6.45, 7) is 0.523. The van der Waals surface area contributed by atoms with Gasteiger partial charge in [-0.15, -0.1) is 0 Å². The number of ketones is 1. The third kappa shape index (κ3) is 1.97. The molecule has 1 atom stereocenters. The first kappa shape index (κ1) is 13.0. The van der Waals surface area contributed by atoms with Crippen LogP contribution in [0.3, 0.4) is 0 Å². The van der Waals surface area contributed by atoms with Gasteiger partial charge in [-0.25, -0.2) is 0 Å². The van der Waals surface area contributed by atoms with E-state index in [4.69, 9.17) is 18.9 Å². The normalized spacial score (nSPS) is 18.6. The Bertz CT molecular complexity index is 753. The molecule has 2 heterocycles. The van der Waals surface area contributed by atoms with E-state index >= 15 is 0 Å². The SMILES string of the molecule is COc1ccc2c(c1)OCC(c1ccc3c(c1)OCO3)C2=O. The van der Waals surface area contributed by atoms with Crippen molar-refractivity contribution in [1.29, 1.82) is 0 Å². The average molecular weight is 298 g/mol. The Morgan fingerprint density at radius 1 is 1.00 bits per heavy atom. The van der Waals surface area contributed by atoms with Gasteiger partial charge in [-0.05, 0) is 29.8 Å². The molecule has 2 aromatic rings. The van der Waals surface area contributed by atoms with Crippen molar-refractivity contribution in [2.45, 2.75) is 5.92 Å². The smallest absolute Gasteiger partial charge is 0.231 e. The molecule has 1 unspecified atom stereocenters. The van der Waals surface area contributed by atoms with Gasteiger partial charge in [-0.2, -0.15) is 0 Å². The first-order valence-corrected chi connectivity index (χ1v) is 7.01. The highest BCUT2D eigenvalue weighted by molar-refractivity contribution is 6.04. The van der Waals surface area contributed by atoms with Crippen LogP contribution in [0.15, 0.2) is 36.4 Å². The van der Waals surface area contributed by atoms with Crippen molar-refractivity contribution in [3.05, 3.63) is 47.5 Å². The Balaban J connectivity index is 1.68. The van der Waals surface area contributed by atoms with Gasteiger partial charge in [0.25, 0.3) is 0 Å². The van der Waals surface area contributed by atoms with Crippen molar-refractivity contribution >= 4 is 5.78 Å². The van der Waals surface area contributed by atoms with Crippen molar-refractivity contribution < 1.29 is 23.7 Å². The highest BCUT2D eigenvalue weighted by Crippen LogP contribution is 2.39. The predicted octanol–water partition coefficient (Wildman–Crippen LogP) is 2.78. The topological polar surface area (TPSA) is 54.0 Å². The molecular formula is C17H14O5. The van der Waals surface area contributed by atoms with Crippen LogP contribution >= 0.6 is 0 Å². The molecule has 0 aliphatic carbocycles. The van der Waals surface area contributed by atoms with Gasteiger partial charge < -0.3 is 18.9 Å². The molecule has 22 heavy (non-hydrogen) atoms. The zero-order valence-corrected chi connectivity index (χ0v) is 12.0. The fraction of sp³-hybridized carbons (Fsp3) is 0.235. The standard InChI is InChI=1S/C17H14O5/c1-19-11-3-4-12-15(7-11)20-8-13(17(12)18)10-2-5-14-16(6-10)22-9-21-14/h2-7,13H,8-9H2,1H3. The molecule has 0 saturated carbocycles. The zero-order valence-electron chi connectivity index (χ0n) is 12.0. The number of carbonyl (C=O) groups excluding carboxylic acids is 1. The average Bonchev–Trinajstić information content (AvgIpc) is 3.02. The summed E-state index contributed by atoms with van der Waals surface area (Å²) < 4.78 is 21.6. The van der Waals surface area contributed by atoms with Crippen molar-refractivity contribution in [2.75, 3.05) is 20.5 Å². The summed E-state index contributed by atoms with van der Waals surface area (Å²) >= 11 is 0. The molecule has 2 aliphatic heterocycles. The number of benzene rings is 2. The molecule has 0 N–H and O–H groups in total. The Labute approximate surface area is 127 Å². The number of hydrogen-bond donors (Lipinski definition) is 0. The molecule has 0 aromatic heterocycles. The maximum absolute atomic E-state index is 12.7. The fourth-order valence-corrected chi connectivity index (χ4v) is 2.77. The van der Waals surface area contributed by atoms with Crippen molar-refractivity contribution in [2.24, 2.45) is 0 Å². The summed E-state index contributed by atoms with van der Waals surface area (Å²) in [5.41, 5.74) is 1.45. The molecule has 112 valence electrons. The minimum absolute atomic E-state index is 0.0442. The molecule has 5 nitrogen and oxygen atoms in total. The Morgan fingerprint density at radius 3 is 2.73 bits per heavy atom. The second-order valence-corrected chi connectivity index (χ2v) is 5.20. The number of hydrogen-bond acceptors (Lipinski definition) is 5. The molecule has 0 fully saturated rings. The molecular weight excluding hydrogens is 284 g/mol. The van der Waals surface area contributed by atoms with Crippen LogP contribution in [-0.2, 0) is 0 Å². The largest absolute Gasteiger partial charge is 0.497 e. The molecule has 2 aromatic carbocycles. The van der Waals surface area contributed by atoms with Gasteiger partial charge in [-0.3, -0.25) is 4.79 Å². The highest BCUT2D eigenvalue weighted by atomic mass is 16.7. The lowest BCUT2D eigenvalue weighted by molar-refractivity contribution is 0.0896. The summed E-state index contributed by atoms with van der Waals surface area (Å²) in [4.78, 5) is 12.7. The maximum Gasteiger partial charge on any atom is 0.231 e. The Kier molecular flexibility index (Phi) is 2.92. The molecule has 5 heteroatoms. The van der Waals surface area contributed by atoms with Crippen LogP contribution in [-0.4, -0.2) is 26.3 Å². The quantitative estimate of drug-likeness (QED) is 0.853. The summed E-state index contributed by atoms with van der Waals surface area (Å²) in [7, 11) is 1.59. The predicted molar refractivity (Wildman–Crippen MR) is 78.1 cm³/mol. The first-order chi connectivity index (χ1) is 10.8. The van der Waals surface area contributed by atoms with Gasteiger partial charge in [0, 0.05) is 6.07 Å². The van der Waals surface area contributed by atoms with E-state index in [0.717, 1.165) is 5.56 Å². The number of carbonyl (C=O) groups is 1. The van der Waals surface area contributed by atoms with Crippen molar-refractivity contribution in [1.82, 2.24) is 0 Å². The van der Waals surface area contributed by atoms with Crippen LogP contribution in [0, 0.1) is 0 Å². The molecule has 0 radical (unpaired) electrons. The van der Waals surface area contributed by atoms with Crippen LogP contribution in [0.2, 0.25) is 0 Å². The third-order valence-electron chi connectivity index (χ3n) is 3.98. The van der Waals surface area contributed by atoms with Crippen molar-refractivity contribution in [3.63, 3.8) is 0 Å². The Morgan fingerprint density at radius 2 is 1.86 bits per heavy atom. The second-order valence-electron chi connectivity index (χ2n) is 5.20. The number of ether oxygens (including phenoxy) is 4. The summed E-state index contributed by atoms with van der Waals surface area (Å²) in [5.74, 6) is 2.33. The van der Waals surface area contributed by atoms with Crippen LogP contribution in [0.25, 0.3) is 0 Å². The zero-order chi connectivity index (χ0) is 15.1. The van der Waals surface area contributed by atoms with E-state index in [9.17, 15) is 4.79 Å². The number of fused-ring (bicyclic) bond motifs is 2. The third-order valence-corrected chi connectivity index (χ3v) is 3.98. The summed E-state index contributed by atoms with van der Waals surface area (Å²) in [6.07, 6.45) is 0. The van der Waals surface area contributed by atoms with Gasteiger partial charge in [0.2, 0.25) is 6.79 Å². The minimum atomic E-state index is -0.338. The molecule has 0 amide bonds. The van der Waals surface area contributed by atoms with Gasteiger partial charge >= 0.3 is 0 Å². The summed E-state index contributed by atoms with van der Waals surface area (Å²) in [6, 6.07) is 10.8. The van der Waals surface area contributed by atoms with Gasteiger partial charge in [-0.1, -0.05) is 6.07 Å². The lowest BCUT2D eigenvalue weighted by Gasteiger charge is -2.24. The number of rotatable bonds is 2. The van der Waals surface area contributed by atoms with E-state index in [1.54, 1.807) is 25.3 Å². The van der Waals surface area contributed by atoms with Crippen LogP contribution in [0.5, 0.6) is 23.0 Å². The van der Waals surface area contributed by atoms with E-state index in [1.165, 1.54) is 0 Å². The van der Waals surface area contributed by atoms with E-state index in [-0.39, 0.29) is 18.5 Å². The van der Waals surface area contributed by atoms with Crippen LogP contribution in [0.4, 0.5) is 0 Å². The van der Waals surface area contributed by atoms with Gasteiger partial charge in [0.1, 0.15) is 18.1 Å². The minimum Gasteiger partial charge on any atom is -0.497 e. The lowest BCUT2D eigenvalue weighted by Crippen LogP contribution is -2.26. The molecule has 0 saturated heterocycles. The van der Waals surface area contributed by atoms with Crippen LogP contribution in [0.1, 0.15) is 21.8 Å². The number of methoxy groups -OCH3 is 1. The maximum atomic E-state index is 12.7. The Hall–Kier alpha value is -2.69. The van der Waals surface area contributed by atoms with E-state index in [1.807, 2.05) is 18.2 Å². The van der Waals surface area contributed by atoms with Crippen LogP contribution < -0.4 is 18.9 Å². The summed E-state index contributed by atoms with van der Waals surface area (Å²) in [5, 5.41) is 0. The van der Waals surface area contributed by atoms with Gasteiger partial charge in [0.05, 0.1) is 18.6 Å². The number of Topliss-reactive ketones (excluding diaryl/α,β-unsaturated/α-hetero) is 1. The van der Waals surface area contributed by atoms with E-state index in [2.05, 4.69) is 0 Å². The second kappa shape index (κ2) is 4.94. The fourth-order valence-electron chi connectivity index (χ4n) is 2.77. The monoisotopic (exact) mass is 298 g/mol. The first-order valence-electron chi connectivity index (χ1n) is 7.01. The molecule has 4 rings (SSSR count). The molecule has 0 spiro atoms. The highest BCUT2D eigenvalue weighted by Gasteiger charge is 2.31. The van der Waals surface area contributed by atoms with E-state index in [0.29, 0.717) is 35.2 Å².